The molecule has 32 heavy (non-hydrogen) atoms. The molecule has 2 heterocycles. The lowest BCUT2D eigenvalue weighted by Gasteiger charge is -2.27. The SMILES string of the molecule is N#Cc1ccc(Oc2nc(Nc3cccc(C(F)(F)F)c3)nc(N3CCOCC3)n2)cc1. The number of alkyl halides is 3. The molecule has 11 heteroatoms. The highest BCUT2D eigenvalue weighted by atomic mass is 19.4. The molecule has 0 spiro atoms. The van der Waals surface area contributed by atoms with E-state index in [0.29, 0.717) is 43.6 Å². The largest absolute Gasteiger partial charge is 0.424 e. The summed E-state index contributed by atoms with van der Waals surface area (Å²) in [6.45, 7) is 2.08. The quantitative estimate of drug-likeness (QED) is 0.630. The van der Waals surface area contributed by atoms with Gasteiger partial charge in [0.2, 0.25) is 11.9 Å². The highest BCUT2D eigenvalue weighted by Gasteiger charge is 2.30. The first-order valence-electron chi connectivity index (χ1n) is 9.62. The lowest BCUT2D eigenvalue weighted by atomic mass is 10.2. The Hall–Kier alpha value is -3.91. The van der Waals surface area contributed by atoms with Crippen LogP contribution in [0, 0.1) is 11.3 Å². The Balaban J connectivity index is 1.64. The number of nitrogens with zero attached hydrogens (tertiary/aromatic N) is 5. The van der Waals surface area contributed by atoms with Crippen LogP contribution in [0.25, 0.3) is 0 Å². The van der Waals surface area contributed by atoms with Crippen LogP contribution in [-0.2, 0) is 10.9 Å². The maximum atomic E-state index is 13.0. The van der Waals surface area contributed by atoms with Crippen LogP contribution in [0.3, 0.4) is 0 Å². The summed E-state index contributed by atoms with van der Waals surface area (Å²) in [5, 5.41) is 11.7. The van der Waals surface area contributed by atoms with Crippen molar-refractivity contribution in [2.75, 3.05) is 36.5 Å². The molecule has 164 valence electrons. The number of ether oxygens (including phenoxy) is 2. The molecular weight excluding hydrogens is 425 g/mol. The Morgan fingerprint density at radius 3 is 2.47 bits per heavy atom. The molecule has 0 radical (unpaired) electrons. The van der Waals surface area contributed by atoms with Crippen LogP contribution in [0.1, 0.15) is 11.1 Å². The van der Waals surface area contributed by atoms with Gasteiger partial charge in [-0.05, 0) is 42.5 Å². The van der Waals surface area contributed by atoms with E-state index in [4.69, 9.17) is 14.7 Å². The van der Waals surface area contributed by atoms with Gasteiger partial charge in [0.05, 0.1) is 30.4 Å². The maximum Gasteiger partial charge on any atom is 0.416 e. The molecule has 0 atom stereocenters. The third-order valence-corrected chi connectivity index (χ3v) is 4.54. The summed E-state index contributed by atoms with van der Waals surface area (Å²) in [5.41, 5.74) is -0.156. The minimum absolute atomic E-state index is 0.0319. The summed E-state index contributed by atoms with van der Waals surface area (Å²) < 4.78 is 50.2. The zero-order valence-corrected chi connectivity index (χ0v) is 16.6. The fraction of sp³-hybridized carbons (Fsp3) is 0.238. The van der Waals surface area contributed by atoms with Gasteiger partial charge in [0.25, 0.3) is 0 Å². The van der Waals surface area contributed by atoms with E-state index >= 15 is 0 Å². The van der Waals surface area contributed by atoms with Crippen molar-refractivity contribution >= 4 is 17.6 Å². The van der Waals surface area contributed by atoms with E-state index in [1.165, 1.54) is 12.1 Å². The Morgan fingerprint density at radius 2 is 1.78 bits per heavy atom. The van der Waals surface area contributed by atoms with Crippen molar-refractivity contribution in [2.45, 2.75) is 6.18 Å². The number of rotatable bonds is 5. The van der Waals surface area contributed by atoms with Gasteiger partial charge < -0.3 is 19.7 Å². The van der Waals surface area contributed by atoms with Crippen molar-refractivity contribution in [3.05, 3.63) is 59.7 Å². The number of benzene rings is 2. The molecule has 3 aromatic rings. The van der Waals surface area contributed by atoms with Crippen LogP contribution in [0.2, 0.25) is 0 Å². The molecule has 1 fully saturated rings. The van der Waals surface area contributed by atoms with E-state index in [-0.39, 0.29) is 17.6 Å². The Kier molecular flexibility index (Phi) is 6.04. The lowest BCUT2D eigenvalue weighted by Crippen LogP contribution is -2.37. The number of nitrogens with one attached hydrogen (secondary N) is 1. The highest BCUT2D eigenvalue weighted by molar-refractivity contribution is 5.56. The summed E-state index contributed by atoms with van der Waals surface area (Å²) in [6.07, 6.45) is -4.47. The van der Waals surface area contributed by atoms with Crippen molar-refractivity contribution < 1.29 is 22.6 Å². The topological polar surface area (TPSA) is 96.2 Å². The zero-order chi connectivity index (χ0) is 22.6. The number of hydrogen-bond acceptors (Lipinski definition) is 8. The molecule has 1 aliphatic heterocycles. The fourth-order valence-electron chi connectivity index (χ4n) is 2.96. The molecule has 1 aliphatic rings. The minimum atomic E-state index is -4.47. The van der Waals surface area contributed by atoms with E-state index in [1.807, 2.05) is 11.0 Å². The number of aromatic nitrogens is 3. The summed E-state index contributed by atoms with van der Waals surface area (Å²) in [4.78, 5) is 14.7. The van der Waals surface area contributed by atoms with Crippen molar-refractivity contribution in [1.82, 2.24) is 15.0 Å². The van der Waals surface area contributed by atoms with Crippen LogP contribution in [0.5, 0.6) is 11.8 Å². The second-order valence-electron chi connectivity index (χ2n) is 6.78. The molecule has 2 aromatic carbocycles. The van der Waals surface area contributed by atoms with Gasteiger partial charge in [-0.3, -0.25) is 0 Å². The van der Waals surface area contributed by atoms with Crippen molar-refractivity contribution in [2.24, 2.45) is 0 Å². The molecule has 1 N–H and O–H groups in total. The van der Waals surface area contributed by atoms with Gasteiger partial charge in [-0.2, -0.15) is 33.4 Å². The van der Waals surface area contributed by atoms with Gasteiger partial charge in [0.15, 0.2) is 0 Å². The van der Waals surface area contributed by atoms with Gasteiger partial charge in [-0.15, -0.1) is 0 Å². The number of anilines is 3. The van der Waals surface area contributed by atoms with E-state index in [0.717, 1.165) is 12.1 Å². The summed E-state index contributed by atoms with van der Waals surface area (Å²) in [7, 11) is 0. The highest BCUT2D eigenvalue weighted by Crippen LogP contribution is 2.31. The monoisotopic (exact) mass is 442 g/mol. The third kappa shape index (κ3) is 5.22. The Bertz CT molecular complexity index is 1130. The van der Waals surface area contributed by atoms with Gasteiger partial charge in [-0.25, -0.2) is 0 Å². The predicted molar refractivity (Wildman–Crippen MR) is 109 cm³/mol. The number of nitriles is 1. The molecule has 4 rings (SSSR count). The van der Waals surface area contributed by atoms with Crippen LogP contribution < -0.4 is 15.0 Å². The van der Waals surface area contributed by atoms with Gasteiger partial charge in [0, 0.05) is 18.8 Å². The van der Waals surface area contributed by atoms with E-state index in [9.17, 15) is 13.2 Å². The first-order valence-corrected chi connectivity index (χ1v) is 9.62. The molecular formula is C21H17F3N6O2. The number of morpholine rings is 1. The smallest absolute Gasteiger partial charge is 0.416 e. The molecule has 0 amide bonds. The van der Waals surface area contributed by atoms with Crippen LogP contribution in [-0.4, -0.2) is 41.3 Å². The van der Waals surface area contributed by atoms with Crippen molar-refractivity contribution in [3.8, 4) is 17.8 Å². The van der Waals surface area contributed by atoms with Crippen LogP contribution in [0.15, 0.2) is 48.5 Å². The van der Waals surface area contributed by atoms with E-state index in [2.05, 4.69) is 20.3 Å². The van der Waals surface area contributed by atoms with E-state index in [1.54, 1.807) is 24.3 Å². The first kappa shape index (κ1) is 21.3. The standard InChI is InChI=1S/C21H17F3N6O2/c22-21(23,24)15-2-1-3-16(12-15)26-18-27-19(30-8-10-31-11-9-30)29-20(28-18)32-17-6-4-14(13-25)5-7-17/h1-7,12H,8-11H2,(H,26,27,28,29). The van der Waals surface area contributed by atoms with Crippen molar-refractivity contribution in [1.29, 1.82) is 5.26 Å². The molecule has 0 aliphatic carbocycles. The summed E-state index contributed by atoms with van der Waals surface area (Å²) in [5.74, 6) is 0.735. The van der Waals surface area contributed by atoms with Gasteiger partial charge in [0.1, 0.15) is 5.75 Å². The minimum Gasteiger partial charge on any atom is -0.424 e. The molecule has 8 nitrogen and oxygen atoms in total. The second-order valence-corrected chi connectivity index (χ2v) is 6.78. The van der Waals surface area contributed by atoms with Gasteiger partial charge >= 0.3 is 12.2 Å². The summed E-state index contributed by atoms with van der Waals surface area (Å²) >= 11 is 0. The Labute approximate surface area is 181 Å². The number of hydrogen-bond donors (Lipinski definition) is 1. The van der Waals surface area contributed by atoms with E-state index < -0.39 is 11.7 Å². The van der Waals surface area contributed by atoms with Crippen LogP contribution in [0.4, 0.5) is 30.8 Å². The average molecular weight is 442 g/mol. The molecule has 0 unspecified atom stereocenters. The van der Waals surface area contributed by atoms with Crippen molar-refractivity contribution in [3.63, 3.8) is 0 Å². The van der Waals surface area contributed by atoms with Gasteiger partial charge in [-0.1, -0.05) is 6.07 Å². The predicted octanol–water partition coefficient (Wildman–Crippen LogP) is 4.13. The molecule has 1 aromatic heterocycles. The average Bonchev–Trinajstić information content (AvgIpc) is 2.80. The fourth-order valence-corrected chi connectivity index (χ4v) is 2.96. The third-order valence-electron chi connectivity index (χ3n) is 4.54. The van der Waals surface area contributed by atoms with Crippen LogP contribution >= 0.6 is 0 Å². The second kappa shape index (κ2) is 9.07. The molecule has 0 saturated carbocycles. The number of halogens is 3. The first-order chi connectivity index (χ1) is 15.4. The normalized spacial score (nSPS) is 14.0. The molecule has 1 saturated heterocycles. The molecule has 0 bridgehead atoms. The maximum absolute atomic E-state index is 13.0. The summed E-state index contributed by atoms with van der Waals surface area (Å²) in [6, 6.07) is 13.1. The zero-order valence-electron chi connectivity index (χ0n) is 16.6. The lowest BCUT2D eigenvalue weighted by molar-refractivity contribution is -0.137. The Morgan fingerprint density at radius 1 is 1.03 bits per heavy atom.